The molecule has 0 aromatic heterocycles. The highest BCUT2D eigenvalue weighted by atomic mass is 32.2. The summed E-state index contributed by atoms with van der Waals surface area (Å²) in [5, 5.41) is 15.4. The van der Waals surface area contributed by atoms with Crippen molar-refractivity contribution in [2.75, 3.05) is 13.2 Å². The Morgan fingerprint density at radius 2 is 1.92 bits per heavy atom. The molecular formula is C20H30N2O2S. The van der Waals surface area contributed by atoms with Crippen LogP contribution in [0, 0.1) is 5.92 Å². The summed E-state index contributed by atoms with van der Waals surface area (Å²) in [6.45, 7) is 9.21. The standard InChI is InChI=1S/C20H30N2O2S/c1-5-6-11-22-19(24)17(13-23)18(12-21-22)25-14-15-7-9-16(10-8-15)20(2,3)4/h7-10,12,17-18,23H,5-6,11,13-14H2,1-4H3. The minimum atomic E-state index is -0.395. The van der Waals surface area contributed by atoms with Gasteiger partial charge in [0.2, 0.25) is 5.91 Å². The summed E-state index contributed by atoms with van der Waals surface area (Å²) in [6, 6.07) is 8.64. The van der Waals surface area contributed by atoms with Gasteiger partial charge in [-0.05, 0) is 23.0 Å². The highest BCUT2D eigenvalue weighted by Crippen LogP contribution is 2.28. The van der Waals surface area contributed by atoms with E-state index in [9.17, 15) is 9.90 Å². The monoisotopic (exact) mass is 362 g/mol. The molecular weight excluding hydrogens is 332 g/mol. The van der Waals surface area contributed by atoms with E-state index in [4.69, 9.17) is 0 Å². The van der Waals surface area contributed by atoms with Crippen LogP contribution in [0.15, 0.2) is 29.4 Å². The second-order valence-electron chi connectivity index (χ2n) is 7.59. The van der Waals surface area contributed by atoms with Crippen molar-refractivity contribution in [3.05, 3.63) is 35.4 Å². The Labute approximate surface area is 155 Å². The third-order valence-electron chi connectivity index (χ3n) is 4.50. The van der Waals surface area contributed by atoms with Gasteiger partial charge in [0.15, 0.2) is 0 Å². The molecule has 2 rings (SSSR count). The predicted molar refractivity (Wildman–Crippen MR) is 106 cm³/mol. The van der Waals surface area contributed by atoms with Crippen LogP contribution in [0.2, 0.25) is 0 Å². The predicted octanol–water partition coefficient (Wildman–Crippen LogP) is 3.82. The van der Waals surface area contributed by atoms with Crippen LogP contribution in [0.25, 0.3) is 0 Å². The number of nitrogens with zero attached hydrogens (tertiary/aromatic N) is 2. The second kappa shape index (κ2) is 8.86. The summed E-state index contributed by atoms with van der Waals surface area (Å²) in [5.74, 6) is 0.354. The molecule has 1 aromatic carbocycles. The summed E-state index contributed by atoms with van der Waals surface area (Å²) < 4.78 is 0. The third-order valence-corrected chi connectivity index (χ3v) is 5.84. The van der Waals surface area contributed by atoms with Crippen molar-refractivity contribution < 1.29 is 9.90 Å². The number of carbonyl (C=O) groups excluding carboxylic acids is 1. The lowest BCUT2D eigenvalue weighted by Crippen LogP contribution is -2.44. The molecule has 1 aliphatic rings. The van der Waals surface area contributed by atoms with E-state index in [1.165, 1.54) is 16.1 Å². The molecule has 0 fully saturated rings. The Hall–Kier alpha value is -1.33. The largest absolute Gasteiger partial charge is 0.395 e. The van der Waals surface area contributed by atoms with E-state index in [1.54, 1.807) is 11.8 Å². The third kappa shape index (κ3) is 5.32. The van der Waals surface area contributed by atoms with Crippen LogP contribution in [0.3, 0.4) is 0 Å². The zero-order chi connectivity index (χ0) is 18.4. The molecule has 1 aromatic rings. The minimum absolute atomic E-state index is 0.0565. The zero-order valence-electron chi connectivity index (χ0n) is 15.7. The zero-order valence-corrected chi connectivity index (χ0v) is 16.6. The molecule has 1 amide bonds. The lowest BCUT2D eigenvalue weighted by Gasteiger charge is -2.30. The molecule has 138 valence electrons. The number of amides is 1. The fourth-order valence-corrected chi connectivity index (χ4v) is 3.90. The number of rotatable bonds is 7. The molecule has 25 heavy (non-hydrogen) atoms. The average Bonchev–Trinajstić information content (AvgIpc) is 2.58. The first-order chi connectivity index (χ1) is 11.9. The number of unbranched alkanes of at least 4 members (excludes halogenated alkanes) is 1. The van der Waals surface area contributed by atoms with Crippen LogP contribution in [0.1, 0.15) is 51.7 Å². The Balaban J connectivity index is 1.98. The summed E-state index contributed by atoms with van der Waals surface area (Å²) in [4.78, 5) is 12.5. The fraction of sp³-hybridized carbons (Fsp3) is 0.600. The van der Waals surface area contributed by atoms with Gasteiger partial charge in [0.1, 0.15) is 0 Å². The Kier molecular flexibility index (Phi) is 7.08. The minimum Gasteiger partial charge on any atom is -0.395 e. The van der Waals surface area contributed by atoms with Gasteiger partial charge in [-0.2, -0.15) is 5.10 Å². The molecule has 5 heteroatoms. The molecule has 0 saturated heterocycles. The number of aliphatic hydroxyl groups excluding tert-OH is 1. The highest BCUT2D eigenvalue weighted by Gasteiger charge is 2.34. The molecule has 0 aliphatic carbocycles. The number of hydrazone groups is 1. The normalized spacial score (nSPS) is 21.0. The molecule has 1 N–H and O–H groups in total. The van der Waals surface area contributed by atoms with E-state index in [-0.39, 0.29) is 23.2 Å². The van der Waals surface area contributed by atoms with Crippen molar-refractivity contribution >= 4 is 23.9 Å². The van der Waals surface area contributed by atoms with Gasteiger partial charge in [-0.15, -0.1) is 11.8 Å². The van der Waals surface area contributed by atoms with Crippen molar-refractivity contribution in [1.29, 1.82) is 0 Å². The van der Waals surface area contributed by atoms with E-state index in [0.29, 0.717) is 6.54 Å². The van der Waals surface area contributed by atoms with Gasteiger partial charge >= 0.3 is 0 Å². The van der Waals surface area contributed by atoms with Gasteiger partial charge < -0.3 is 5.11 Å². The highest BCUT2D eigenvalue weighted by molar-refractivity contribution is 7.99. The van der Waals surface area contributed by atoms with E-state index >= 15 is 0 Å². The van der Waals surface area contributed by atoms with Crippen LogP contribution in [-0.2, 0) is 16.0 Å². The number of benzene rings is 1. The van der Waals surface area contributed by atoms with Crippen molar-refractivity contribution in [3.63, 3.8) is 0 Å². The molecule has 0 radical (unpaired) electrons. The maximum absolute atomic E-state index is 12.5. The van der Waals surface area contributed by atoms with Crippen LogP contribution < -0.4 is 0 Å². The molecule has 4 nitrogen and oxygen atoms in total. The number of thioether (sulfide) groups is 1. The lowest BCUT2D eigenvalue weighted by atomic mass is 9.87. The van der Waals surface area contributed by atoms with Crippen molar-refractivity contribution in [3.8, 4) is 0 Å². The van der Waals surface area contributed by atoms with Gasteiger partial charge in [0, 0.05) is 18.5 Å². The van der Waals surface area contributed by atoms with Crippen molar-refractivity contribution in [2.24, 2.45) is 11.0 Å². The molecule has 1 heterocycles. The first kappa shape index (κ1) is 20.0. The number of hydrogen-bond donors (Lipinski definition) is 1. The lowest BCUT2D eigenvalue weighted by molar-refractivity contribution is -0.137. The van der Waals surface area contributed by atoms with Gasteiger partial charge in [0.25, 0.3) is 0 Å². The maximum atomic E-state index is 12.5. The first-order valence-corrected chi connectivity index (χ1v) is 10.1. The van der Waals surface area contributed by atoms with Gasteiger partial charge in [0.05, 0.1) is 17.8 Å². The molecule has 0 spiro atoms. The molecule has 0 bridgehead atoms. The van der Waals surface area contributed by atoms with E-state index in [1.807, 2.05) is 6.21 Å². The number of aliphatic hydroxyl groups is 1. The fourth-order valence-electron chi connectivity index (χ4n) is 2.75. The smallest absolute Gasteiger partial charge is 0.249 e. The average molecular weight is 363 g/mol. The van der Waals surface area contributed by atoms with E-state index < -0.39 is 5.92 Å². The SMILES string of the molecule is CCCCN1N=CC(SCc2ccc(C(C)(C)C)cc2)C(CO)C1=O. The summed E-state index contributed by atoms with van der Waals surface area (Å²) in [6.07, 6.45) is 3.77. The van der Waals surface area contributed by atoms with Crippen molar-refractivity contribution in [2.45, 2.75) is 57.0 Å². The van der Waals surface area contributed by atoms with E-state index in [2.05, 4.69) is 57.1 Å². The van der Waals surface area contributed by atoms with E-state index in [0.717, 1.165) is 18.6 Å². The number of hydrogen-bond acceptors (Lipinski definition) is 4. The van der Waals surface area contributed by atoms with Gasteiger partial charge in [-0.1, -0.05) is 58.4 Å². The maximum Gasteiger partial charge on any atom is 0.249 e. The molecule has 2 unspecified atom stereocenters. The van der Waals surface area contributed by atoms with Crippen LogP contribution in [-0.4, -0.2) is 40.6 Å². The summed E-state index contributed by atoms with van der Waals surface area (Å²) >= 11 is 1.67. The summed E-state index contributed by atoms with van der Waals surface area (Å²) in [7, 11) is 0. The van der Waals surface area contributed by atoms with Gasteiger partial charge in [-0.25, -0.2) is 5.01 Å². The Morgan fingerprint density at radius 1 is 1.24 bits per heavy atom. The topological polar surface area (TPSA) is 52.9 Å². The quantitative estimate of drug-likeness (QED) is 0.802. The van der Waals surface area contributed by atoms with Gasteiger partial charge in [-0.3, -0.25) is 4.79 Å². The summed E-state index contributed by atoms with van der Waals surface area (Å²) in [5.41, 5.74) is 2.69. The van der Waals surface area contributed by atoms with Crippen LogP contribution in [0.4, 0.5) is 0 Å². The second-order valence-corrected chi connectivity index (χ2v) is 8.76. The molecule has 0 saturated carbocycles. The van der Waals surface area contributed by atoms with Crippen molar-refractivity contribution in [1.82, 2.24) is 5.01 Å². The first-order valence-electron chi connectivity index (χ1n) is 9.04. The molecule has 1 aliphatic heterocycles. The van der Waals surface area contributed by atoms with Crippen LogP contribution in [0.5, 0.6) is 0 Å². The Bertz CT molecular complexity index is 593. The number of carbonyl (C=O) groups is 1. The molecule has 2 atom stereocenters. The van der Waals surface area contributed by atoms with Crippen LogP contribution >= 0.6 is 11.8 Å². The Morgan fingerprint density at radius 3 is 2.48 bits per heavy atom.